The topological polar surface area (TPSA) is 139 Å². The largest absolute Gasteiger partial charge is 0.351 e. The highest BCUT2D eigenvalue weighted by molar-refractivity contribution is 6.31. The zero-order valence-corrected chi connectivity index (χ0v) is 18.7. The number of benzene rings is 2. The fourth-order valence-corrected chi connectivity index (χ4v) is 3.80. The summed E-state index contributed by atoms with van der Waals surface area (Å²) in [5.74, 6) is -1.07. The van der Waals surface area contributed by atoms with Crippen molar-refractivity contribution in [2.75, 3.05) is 39.3 Å². The van der Waals surface area contributed by atoms with Crippen LogP contribution >= 0.6 is 23.2 Å². The number of nitrogens with one attached hydrogen (secondary N) is 1. The third-order valence-corrected chi connectivity index (χ3v) is 5.63. The standard InChI is InChI=1S/C20H19Cl2N5O6/c21-13-1-3-17(26(30)31)15(11-13)19(28)23-5-6-24-7-9-25(10-8-24)20(29)16-12-14(22)2-4-18(16)27(32)33/h1-4,11-12H,5-10H2,(H,23,28). The van der Waals surface area contributed by atoms with E-state index in [2.05, 4.69) is 5.32 Å². The van der Waals surface area contributed by atoms with Gasteiger partial charge in [0.2, 0.25) is 0 Å². The lowest BCUT2D eigenvalue weighted by molar-refractivity contribution is -0.385. The molecule has 2 aromatic carbocycles. The van der Waals surface area contributed by atoms with Crippen LogP contribution in [0, 0.1) is 20.2 Å². The fourth-order valence-electron chi connectivity index (χ4n) is 3.46. The monoisotopic (exact) mass is 495 g/mol. The van der Waals surface area contributed by atoms with Crippen molar-refractivity contribution in [3.05, 3.63) is 77.8 Å². The van der Waals surface area contributed by atoms with E-state index in [-0.39, 0.29) is 39.1 Å². The predicted molar refractivity (Wildman–Crippen MR) is 121 cm³/mol. The highest BCUT2D eigenvalue weighted by Gasteiger charge is 2.28. The molecule has 2 aromatic rings. The number of carbonyl (C=O) groups is 2. The van der Waals surface area contributed by atoms with E-state index < -0.39 is 21.7 Å². The third-order valence-electron chi connectivity index (χ3n) is 5.16. The number of piperazine rings is 1. The van der Waals surface area contributed by atoms with Gasteiger partial charge in [-0.3, -0.25) is 34.7 Å². The Bertz CT molecular complexity index is 1100. The van der Waals surface area contributed by atoms with Gasteiger partial charge in [-0.25, -0.2) is 0 Å². The van der Waals surface area contributed by atoms with Gasteiger partial charge in [0.1, 0.15) is 11.1 Å². The maximum Gasteiger partial charge on any atom is 0.282 e. The van der Waals surface area contributed by atoms with Gasteiger partial charge in [0, 0.05) is 61.4 Å². The molecule has 0 saturated carbocycles. The van der Waals surface area contributed by atoms with Gasteiger partial charge in [-0.05, 0) is 24.3 Å². The number of rotatable bonds is 7. The summed E-state index contributed by atoms with van der Waals surface area (Å²) in [5, 5.41) is 25.4. The maximum absolute atomic E-state index is 12.8. The SMILES string of the molecule is O=C(NCCN1CCN(C(=O)c2cc(Cl)ccc2[N+](=O)[O-])CC1)c1cc(Cl)ccc1[N+](=O)[O-]. The molecule has 0 bridgehead atoms. The summed E-state index contributed by atoms with van der Waals surface area (Å²) >= 11 is 11.8. The van der Waals surface area contributed by atoms with Crippen molar-refractivity contribution in [2.45, 2.75) is 0 Å². The van der Waals surface area contributed by atoms with Crippen LogP contribution in [0.25, 0.3) is 0 Å². The summed E-state index contributed by atoms with van der Waals surface area (Å²) in [6.45, 7) is 2.36. The Kier molecular flexibility index (Phi) is 7.79. The van der Waals surface area contributed by atoms with Gasteiger partial charge in [-0.2, -0.15) is 0 Å². The minimum absolute atomic E-state index is 0.0590. The minimum Gasteiger partial charge on any atom is -0.351 e. The number of carbonyl (C=O) groups excluding carboxylic acids is 2. The minimum atomic E-state index is -0.647. The quantitative estimate of drug-likeness (QED) is 0.459. The second-order valence-electron chi connectivity index (χ2n) is 7.23. The van der Waals surface area contributed by atoms with E-state index in [1.807, 2.05) is 4.90 Å². The van der Waals surface area contributed by atoms with Crippen molar-refractivity contribution in [3.8, 4) is 0 Å². The lowest BCUT2D eigenvalue weighted by Crippen LogP contribution is -2.50. The molecule has 1 aliphatic rings. The number of hydrogen-bond acceptors (Lipinski definition) is 7. The van der Waals surface area contributed by atoms with Crippen LogP contribution in [0.5, 0.6) is 0 Å². The zero-order chi connectivity index (χ0) is 24.1. The van der Waals surface area contributed by atoms with E-state index in [4.69, 9.17) is 23.2 Å². The van der Waals surface area contributed by atoms with Crippen molar-refractivity contribution in [2.24, 2.45) is 0 Å². The van der Waals surface area contributed by atoms with E-state index in [0.717, 1.165) is 0 Å². The van der Waals surface area contributed by atoms with Crippen LogP contribution in [0.1, 0.15) is 20.7 Å². The molecule has 1 heterocycles. The predicted octanol–water partition coefficient (Wildman–Crippen LogP) is 3.00. The molecule has 0 spiro atoms. The molecular formula is C20H19Cl2N5O6. The molecular weight excluding hydrogens is 477 g/mol. The summed E-state index contributed by atoms with van der Waals surface area (Å²) < 4.78 is 0. The summed E-state index contributed by atoms with van der Waals surface area (Å²) in [6.07, 6.45) is 0. The Morgan fingerprint density at radius 3 is 1.94 bits per heavy atom. The molecule has 0 aliphatic carbocycles. The highest BCUT2D eigenvalue weighted by atomic mass is 35.5. The van der Waals surface area contributed by atoms with E-state index in [9.17, 15) is 29.8 Å². The number of nitrogens with zero attached hydrogens (tertiary/aromatic N) is 4. The van der Waals surface area contributed by atoms with E-state index in [1.165, 1.54) is 41.3 Å². The summed E-state index contributed by atoms with van der Waals surface area (Å²) in [6, 6.07) is 7.62. The molecule has 1 N–H and O–H groups in total. The molecule has 0 radical (unpaired) electrons. The lowest BCUT2D eigenvalue weighted by atomic mass is 10.1. The number of nitro benzene ring substituents is 2. The first kappa shape index (κ1) is 24.4. The molecule has 13 heteroatoms. The summed E-state index contributed by atoms with van der Waals surface area (Å²) in [7, 11) is 0. The summed E-state index contributed by atoms with van der Waals surface area (Å²) in [5.41, 5.74) is -0.814. The molecule has 33 heavy (non-hydrogen) atoms. The van der Waals surface area contributed by atoms with Crippen LogP contribution < -0.4 is 5.32 Å². The lowest BCUT2D eigenvalue weighted by Gasteiger charge is -2.34. The van der Waals surface area contributed by atoms with Crippen LogP contribution in [0.3, 0.4) is 0 Å². The molecule has 174 valence electrons. The molecule has 0 unspecified atom stereocenters. The van der Waals surface area contributed by atoms with Crippen LogP contribution in [-0.2, 0) is 0 Å². The smallest absolute Gasteiger partial charge is 0.282 e. The van der Waals surface area contributed by atoms with Crippen LogP contribution in [0.15, 0.2) is 36.4 Å². The first-order valence-electron chi connectivity index (χ1n) is 9.85. The van der Waals surface area contributed by atoms with Gasteiger partial charge in [-0.1, -0.05) is 23.2 Å². The molecule has 1 aliphatic heterocycles. The third kappa shape index (κ3) is 5.95. The Morgan fingerprint density at radius 1 is 0.879 bits per heavy atom. The van der Waals surface area contributed by atoms with Crippen LogP contribution in [-0.4, -0.2) is 70.7 Å². The van der Waals surface area contributed by atoms with Crippen LogP contribution in [0.2, 0.25) is 10.0 Å². The second kappa shape index (κ2) is 10.6. The van der Waals surface area contributed by atoms with E-state index in [0.29, 0.717) is 32.7 Å². The second-order valence-corrected chi connectivity index (χ2v) is 8.10. The molecule has 0 atom stereocenters. The van der Waals surface area contributed by atoms with E-state index >= 15 is 0 Å². The normalized spacial score (nSPS) is 14.1. The van der Waals surface area contributed by atoms with Crippen molar-refractivity contribution >= 4 is 46.4 Å². The molecule has 0 aromatic heterocycles. The van der Waals surface area contributed by atoms with E-state index in [1.54, 1.807) is 0 Å². The fraction of sp³-hybridized carbons (Fsp3) is 0.300. The van der Waals surface area contributed by atoms with Gasteiger partial charge in [0.05, 0.1) is 9.85 Å². The average molecular weight is 496 g/mol. The van der Waals surface area contributed by atoms with Gasteiger partial charge in [-0.15, -0.1) is 0 Å². The van der Waals surface area contributed by atoms with Gasteiger partial charge < -0.3 is 10.2 Å². The molecule has 2 amide bonds. The zero-order valence-electron chi connectivity index (χ0n) is 17.2. The Morgan fingerprint density at radius 2 is 1.39 bits per heavy atom. The van der Waals surface area contributed by atoms with Crippen molar-refractivity contribution in [1.82, 2.24) is 15.1 Å². The van der Waals surface area contributed by atoms with Gasteiger partial charge in [0.15, 0.2) is 0 Å². The van der Waals surface area contributed by atoms with Crippen molar-refractivity contribution < 1.29 is 19.4 Å². The number of hydrogen-bond donors (Lipinski definition) is 1. The average Bonchev–Trinajstić information content (AvgIpc) is 2.78. The molecule has 3 rings (SSSR count). The molecule has 1 saturated heterocycles. The number of nitro groups is 2. The van der Waals surface area contributed by atoms with Crippen molar-refractivity contribution in [1.29, 1.82) is 0 Å². The Labute approximate surface area is 198 Å². The Hall–Kier alpha value is -3.28. The van der Waals surface area contributed by atoms with Gasteiger partial charge >= 0.3 is 0 Å². The summed E-state index contributed by atoms with van der Waals surface area (Å²) in [4.78, 5) is 49.8. The first-order chi connectivity index (χ1) is 15.7. The van der Waals surface area contributed by atoms with Gasteiger partial charge in [0.25, 0.3) is 23.2 Å². The maximum atomic E-state index is 12.8. The number of halogens is 2. The van der Waals surface area contributed by atoms with Crippen LogP contribution in [0.4, 0.5) is 11.4 Å². The first-order valence-corrected chi connectivity index (χ1v) is 10.6. The molecule has 11 nitrogen and oxygen atoms in total. The Balaban J connectivity index is 1.53. The number of amides is 2. The van der Waals surface area contributed by atoms with Crippen molar-refractivity contribution in [3.63, 3.8) is 0 Å². The highest BCUT2D eigenvalue weighted by Crippen LogP contribution is 2.25. The molecule has 1 fully saturated rings.